The molecule has 0 spiro atoms. The van der Waals surface area contributed by atoms with E-state index in [0.717, 1.165) is 31.8 Å². The average Bonchev–Trinajstić information content (AvgIpc) is 2.34. The van der Waals surface area contributed by atoms with Gasteiger partial charge in [-0.2, -0.15) is 0 Å². The Balaban J connectivity index is 0.00000162. The topological polar surface area (TPSA) is 12.5 Å². The van der Waals surface area contributed by atoms with Gasteiger partial charge in [0.1, 0.15) is 0 Å². The lowest BCUT2D eigenvalue weighted by Gasteiger charge is -2.32. The molecule has 1 aliphatic rings. The summed E-state index contributed by atoms with van der Waals surface area (Å²) in [6.07, 6.45) is 0.133. The molecule has 0 bridgehead atoms. The maximum Gasteiger partial charge on any atom is 0.0837 e. The van der Waals surface area contributed by atoms with Crippen molar-refractivity contribution < 1.29 is 4.74 Å². The number of halogens is 4. The average molecular weight is 331 g/mol. The third kappa shape index (κ3) is 4.44. The summed E-state index contributed by atoms with van der Waals surface area (Å²) in [5.74, 6) is 0.540. The molecule has 2 rings (SSSR count). The smallest absolute Gasteiger partial charge is 0.0837 e. The van der Waals surface area contributed by atoms with Gasteiger partial charge >= 0.3 is 0 Å². The number of benzene rings is 1. The van der Waals surface area contributed by atoms with E-state index in [-0.39, 0.29) is 18.5 Å². The van der Waals surface area contributed by atoms with Crippen LogP contribution in [-0.4, -0.2) is 36.6 Å². The van der Waals surface area contributed by atoms with E-state index in [0.29, 0.717) is 15.9 Å². The second-order valence-corrected chi connectivity index (χ2v) is 5.25. The van der Waals surface area contributed by atoms with Gasteiger partial charge in [-0.05, 0) is 17.7 Å². The van der Waals surface area contributed by atoms with E-state index in [1.54, 1.807) is 0 Å². The van der Waals surface area contributed by atoms with E-state index in [9.17, 15) is 0 Å². The zero-order valence-corrected chi connectivity index (χ0v) is 12.8. The number of ether oxygens (including phenoxy) is 1. The second-order valence-electron chi connectivity index (χ2n) is 4.13. The monoisotopic (exact) mass is 329 g/mol. The lowest BCUT2D eigenvalue weighted by molar-refractivity contribution is -0.0193. The van der Waals surface area contributed by atoms with Crippen LogP contribution < -0.4 is 0 Å². The molecule has 0 aliphatic carbocycles. The van der Waals surface area contributed by atoms with Crippen molar-refractivity contribution in [3.8, 4) is 0 Å². The van der Waals surface area contributed by atoms with Gasteiger partial charge in [0.2, 0.25) is 0 Å². The molecule has 0 N–H and O–H groups in total. The summed E-state index contributed by atoms with van der Waals surface area (Å²) in [5, 5.41) is 1.20. The molecule has 1 aromatic rings. The highest BCUT2D eigenvalue weighted by molar-refractivity contribution is 6.42. The fourth-order valence-electron chi connectivity index (χ4n) is 1.91. The molecule has 1 aliphatic heterocycles. The molecule has 1 saturated heterocycles. The third-order valence-corrected chi connectivity index (χ3v) is 3.87. The molecule has 0 amide bonds. The molecule has 0 aromatic heterocycles. The molecule has 0 radical (unpaired) electrons. The van der Waals surface area contributed by atoms with E-state index in [1.807, 2.05) is 18.2 Å². The van der Waals surface area contributed by atoms with Gasteiger partial charge in [-0.1, -0.05) is 29.3 Å². The van der Waals surface area contributed by atoms with E-state index >= 15 is 0 Å². The van der Waals surface area contributed by atoms with E-state index in [2.05, 4.69) is 4.90 Å². The molecule has 1 atom stereocenters. The van der Waals surface area contributed by atoms with Crippen molar-refractivity contribution in [3.05, 3.63) is 33.8 Å². The Hall–Kier alpha value is 0.300. The molecule has 1 fully saturated rings. The minimum atomic E-state index is 0. The molecule has 1 heterocycles. The highest BCUT2D eigenvalue weighted by Gasteiger charge is 2.19. The van der Waals surface area contributed by atoms with Crippen LogP contribution in [0.1, 0.15) is 5.56 Å². The van der Waals surface area contributed by atoms with Crippen molar-refractivity contribution >= 4 is 47.2 Å². The zero-order valence-electron chi connectivity index (χ0n) is 9.74. The van der Waals surface area contributed by atoms with Gasteiger partial charge in [0.25, 0.3) is 0 Å². The van der Waals surface area contributed by atoms with Gasteiger partial charge in [0.05, 0.1) is 22.8 Å². The number of morpholine rings is 1. The number of hydrogen-bond acceptors (Lipinski definition) is 2. The number of nitrogens with zero attached hydrogens (tertiary/aromatic N) is 1. The van der Waals surface area contributed by atoms with Crippen molar-refractivity contribution in [2.45, 2.75) is 12.6 Å². The zero-order chi connectivity index (χ0) is 12.3. The Morgan fingerprint density at radius 3 is 2.72 bits per heavy atom. The summed E-state index contributed by atoms with van der Waals surface area (Å²) in [7, 11) is 0. The van der Waals surface area contributed by atoms with Crippen LogP contribution >= 0.6 is 47.2 Å². The summed E-state index contributed by atoms with van der Waals surface area (Å²) in [4.78, 5) is 2.32. The van der Waals surface area contributed by atoms with Gasteiger partial charge in [0.15, 0.2) is 0 Å². The molecule has 2 nitrogen and oxygen atoms in total. The quantitative estimate of drug-likeness (QED) is 0.780. The van der Waals surface area contributed by atoms with Crippen LogP contribution in [0.4, 0.5) is 0 Å². The fraction of sp³-hybridized carbons (Fsp3) is 0.500. The van der Waals surface area contributed by atoms with Gasteiger partial charge in [-0.15, -0.1) is 24.0 Å². The standard InChI is InChI=1S/C12H14Cl3NO.ClH/c13-6-10-8-16(3-4-17-10)7-9-1-2-11(14)12(15)5-9;/h1-2,5,10H,3-4,6-8H2;1H. The molecule has 102 valence electrons. The maximum absolute atomic E-state index is 5.99. The molecule has 6 heteroatoms. The van der Waals surface area contributed by atoms with Crippen molar-refractivity contribution in [1.82, 2.24) is 4.90 Å². The van der Waals surface area contributed by atoms with E-state index in [1.165, 1.54) is 0 Å². The minimum absolute atomic E-state index is 0. The molecule has 1 unspecified atom stereocenters. The maximum atomic E-state index is 5.99. The lowest BCUT2D eigenvalue weighted by Crippen LogP contribution is -2.42. The fourth-order valence-corrected chi connectivity index (χ4v) is 2.42. The van der Waals surface area contributed by atoms with Crippen LogP contribution in [0.5, 0.6) is 0 Å². The Kier molecular flexibility index (Phi) is 7.07. The number of hydrogen-bond donors (Lipinski definition) is 0. The molecule has 18 heavy (non-hydrogen) atoms. The van der Waals surface area contributed by atoms with E-state index in [4.69, 9.17) is 39.5 Å². The Labute approximate surface area is 129 Å². The van der Waals surface area contributed by atoms with Gasteiger partial charge in [-0.25, -0.2) is 0 Å². The molecule has 0 saturated carbocycles. The highest BCUT2D eigenvalue weighted by Crippen LogP contribution is 2.23. The van der Waals surface area contributed by atoms with Crippen molar-refractivity contribution in [3.63, 3.8) is 0 Å². The molecule has 1 aromatic carbocycles. The summed E-state index contributed by atoms with van der Waals surface area (Å²) in [6.45, 7) is 3.38. The predicted molar refractivity (Wildman–Crippen MR) is 79.4 cm³/mol. The number of alkyl halides is 1. The van der Waals surface area contributed by atoms with Crippen LogP contribution in [0.25, 0.3) is 0 Å². The van der Waals surface area contributed by atoms with Crippen molar-refractivity contribution in [2.24, 2.45) is 0 Å². The first-order valence-corrected chi connectivity index (χ1v) is 6.82. The van der Waals surface area contributed by atoms with E-state index < -0.39 is 0 Å². The second kappa shape index (κ2) is 7.78. The first-order valence-electron chi connectivity index (χ1n) is 5.53. The SMILES string of the molecule is Cl.ClCC1CN(Cc2ccc(Cl)c(Cl)c2)CCO1. The van der Waals surface area contributed by atoms with Crippen molar-refractivity contribution in [2.75, 3.05) is 25.6 Å². The van der Waals surface area contributed by atoms with Gasteiger partial charge in [0, 0.05) is 25.5 Å². The Morgan fingerprint density at radius 2 is 2.06 bits per heavy atom. The molecular weight excluding hydrogens is 316 g/mol. The predicted octanol–water partition coefficient (Wildman–Crippen LogP) is 3.85. The lowest BCUT2D eigenvalue weighted by atomic mass is 10.2. The number of rotatable bonds is 3. The summed E-state index contributed by atoms with van der Waals surface area (Å²) in [5.41, 5.74) is 1.16. The Morgan fingerprint density at radius 1 is 1.28 bits per heavy atom. The third-order valence-electron chi connectivity index (χ3n) is 2.79. The van der Waals surface area contributed by atoms with Crippen LogP contribution in [0.2, 0.25) is 10.0 Å². The largest absolute Gasteiger partial charge is 0.374 e. The van der Waals surface area contributed by atoms with Gasteiger partial charge in [-0.3, -0.25) is 4.90 Å². The summed E-state index contributed by atoms with van der Waals surface area (Å²) in [6, 6.07) is 5.74. The highest BCUT2D eigenvalue weighted by atomic mass is 35.5. The summed E-state index contributed by atoms with van der Waals surface area (Å²) < 4.78 is 5.52. The Bertz CT molecular complexity index is 388. The first-order chi connectivity index (χ1) is 8.19. The van der Waals surface area contributed by atoms with Gasteiger partial charge < -0.3 is 4.74 Å². The summed E-state index contributed by atoms with van der Waals surface area (Å²) >= 11 is 17.7. The van der Waals surface area contributed by atoms with Crippen LogP contribution in [0, 0.1) is 0 Å². The van der Waals surface area contributed by atoms with Crippen LogP contribution in [-0.2, 0) is 11.3 Å². The van der Waals surface area contributed by atoms with Crippen LogP contribution in [0.15, 0.2) is 18.2 Å². The minimum Gasteiger partial charge on any atom is -0.374 e. The molecular formula is C12H15Cl4NO. The van der Waals surface area contributed by atoms with Crippen molar-refractivity contribution in [1.29, 1.82) is 0 Å². The normalized spacial score (nSPS) is 20.5. The van der Waals surface area contributed by atoms with Crippen LogP contribution in [0.3, 0.4) is 0 Å². The first kappa shape index (κ1) is 16.4.